The third kappa shape index (κ3) is 2.19. The molecule has 102 valence electrons. The van der Waals surface area contributed by atoms with E-state index in [0.29, 0.717) is 5.41 Å². The molecule has 3 rings (SSSR count). The van der Waals surface area contributed by atoms with Gasteiger partial charge in [0.05, 0.1) is 0 Å². The minimum atomic E-state index is 0.564. The van der Waals surface area contributed by atoms with Crippen molar-refractivity contribution in [2.45, 2.75) is 56.8 Å². The second-order valence-corrected chi connectivity index (χ2v) is 9.25. The number of rotatable bonds is 0. The summed E-state index contributed by atoms with van der Waals surface area (Å²) < 4.78 is 0.893. The van der Waals surface area contributed by atoms with Crippen molar-refractivity contribution in [2.75, 3.05) is 0 Å². The monoisotopic (exact) mass is 358 g/mol. The molecule has 6 atom stereocenters. The van der Waals surface area contributed by atoms with Crippen LogP contribution in [-0.2, 0) is 0 Å². The Bertz CT molecular complexity index is 344. The molecule has 2 saturated carbocycles. The van der Waals surface area contributed by atoms with Crippen molar-refractivity contribution in [3.05, 3.63) is 12.2 Å². The number of halogens is 1. The van der Waals surface area contributed by atoms with Crippen LogP contribution in [0, 0.1) is 35.0 Å². The van der Waals surface area contributed by atoms with Gasteiger partial charge in [0.15, 0.2) is 0 Å². The highest BCUT2D eigenvalue weighted by Crippen LogP contribution is 2.56. The summed E-state index contributed by atoms with van der Waals surface area (Å²) in [5.41, 5.74) is 0.564. The van der Waals surface area contributed by atoms with Gasteiger partial charge in [-0.15, -0.1) is 0 Å². The van der Waals surface area contributed by atoms with Crippen LogP contribution in [0.3, 0.4) is 0 Å². The van der Waals surface area contributed by atoms with Crippen LogP contribution >= 0.6 is 22.6 Å². The largest absolute Gasteiger partial charge is 0.0880 e. The van der Waals surface area contributed by atoms with Crippen LogP contribution in [0.25, 0.3) is 0 Å². The van der Waals surface area contributed by atoms with Gasteiger partial charge in [-0.25, -0.2) is 0 Å². The third-order valence-electron chi connectivity index (χ3n) is 6.22. The molecule has 0 spiro atoms. The fourth-order valence-corrected chi connectivity index (χ4v) is 5.94. The molecule has 1 heteroatoms. The number of allylic oxidation sites excluding steroid dienone is 2. The van der Waals surface area contributed by atoms with Crippen molar-refractivity contribution in [3.8, 4) is 0 Å². The van der Waals surface area contributed by atoms with E-state index in [4.69, 9.17) is 0 Å². The molecule has 18 heavy (non-hydrogen) atoms. The molecule has 0 aromatic rings. The van der Waals surface area contributed by atoms with E-state index in [0.717, 1.165) is 33.5 Å². The van der Waals surface area contributed by atoms with E-state index in [-0.39, 0.29) is 0 Å². The lowest BCUT2D eigenvalue weighted by molar-refractivity contribution is 0.000167. The Kier molecular flexibility index (Phi) is 3.58. The summed E-state index contributed by atoms with van der Waals surface area (Å²) in [5, 5.41) is 0. The van der Waals surface area contributed by atoms with Gasteiger partial charge in [-0.05, 0) is 67.1 Å². The molecule has 0 N–H and O–H groups in total. The molecule has 0 amide bonds. The second-order valence-electron chi connectivity index (χ2n) is 7.75. The van der Waals surface area contributed by atoms with Crippen molar-refractivity contribution in [3.63, 3.8) is 0 Å². The first-order chi connectivity index (χ1) is 8.49. The summed E-state index contributed by atoms with van der Waals surface area (Å²) in [5.74, 6) is 4.91. The molecule has 3 aliphatic rings. The van der Waals surface area contributed by atoms with Gasteiger partial charge >= 0.3 is 0 Å². The maximum Gasteiger partial charge on any atom is 0.0164 e. The Morgan fingerprint density at radius 2 is 1.89 bits per heavy atom. The molecule has 0 radical (unpaired) electrons. The predicted molar refractivity (Wildman–Crippen MR) is 86.9 cm³/mol. The minimum absolute atomic E-state index is 0.564. The van der Waals surface area contributed by atoms with Crippen LogP contribution < -0.4 is 0 Å². The Morgan fingerprint density at radius 1 is 1.11 bits per heavy atom. The van der Waals surface area contributed by atoms with Crippen molar-refractivity contribution >= 4 is 22.6 Å². The highest BCUT2D eigenvalue weighted by Gasteiger charge is 2.48. The highest BCUT2D eigenvalue weighted by molar-refractivity contribution is 14.1. The maximum absolute atomic E-state index is 2.73. The molecule has 5 unspecified atom stereocenters. The van der Waals surface area contributed by atoms with Gasteiger partial charge < -0.3 is 0 Å². The Hall–Kier alpha value is 0.470. The summed E-state index contributed by atoms with van der Waals surface area (Å²) in [4.78, 5) is 0. The average Bonchev–Trinajstić information content (AvgIpc) is 2.31. The summed E-state index contributed by atoms with van der Waals surface area (Å²) in [7, 11) is 0. The SMILES string of the molecule is CC1C=CCC2C1CCC1CC(I)C(C)(C)C[C@@H]12. The maximum atomic E-state index is 2.73. The topological polar surface area (TPSA) is 0 Å². The van der Waals surface area contributed by atoms with Crippen molar-refractivity contribution in [2.24, 2.45) is 35.0 Å². The van der Waals surface area contributed by atoms with Crippen LogP contribution in [0.15, 0.2) is 12.2 Å². The lowest BCUT2D eigenvalue weighted by atomic mass is 9.53. The van der Waals surface area contributed by atoms with E-state index >= 15 is 0 Å². The number of hydrogen-bond donors (Lipinski definition) is 0. The first kappa shape index (κ1) is 13.5. The summed E-state index contributed by atoms with van der Waals surface area (Å²) >= 11 is 2.73. The molecule has 0 aromatic carbocycles. The first-order valence-electron chi connectivity index (χ1n) is 7.80. The smallest absolute Gasteiger partial charge is 0.0164 e. The molecular formula is C17H27I. The Morgan fingerprint density at radius 3 is 2.67 bits per heavy atom. The Labute approximate surface area is 126 Å². The minimum Gasteiger partial charge on any atom is -0.0880 e. The lowest BCUT2D eigenvalue weighted by Gasteiger charge is -2.53. The average molecular weight is 358 g/mol. The van der Waals surface area contributed by atoms with E-state index in [2.05, 4.69) is 55.5 Å². The highest BCUT2D eigenvalue weighted by atomic mass is 127. The van der Waals surface area contributed by atoms with Gasteiger partial charge in [-0.2, -0.15) is 0 Å². The van der Waals surface area contributed by atoms with E-state index in [1.807, 2.05) is 0 Å². The Balaban J connectivity index is 1.83. The predicted octanol–water partition coefficient (Wildman–Crippen LogP) is 5.46. The van der Waals surface area contributed by atoms with Gasteiger partial charge in [0.25, 0.3) is 0 Å². The zero-order chi connectivity index (χ0) is 12.9. The van der Waals surface area contributed by atoms with Crippen molar-refractivity contribution < 1.29 is 0 Å². The zero-order valence-electron chi connectivity index (χ0n) is 12.0. The summed E-state index contributed by atoms with van der Waals surface area (Å²) in [6.45, 7) is 7.46. The van der Waals surface area contributed by atoms with Gasteiger partial charge in [0.1, 0.15) is 0 Å². The van der Waals surface area contributed by atoms with Crippen LogP contribution in [0.2, 0.25) is 0 Å². The van der Waals surface area contributed by atoms with E-state index < -0.39 is 0 Å². The number of hydrogen-bond acceptors (Lipinski definition) is 0. The molecule has 0 bridgehead atoms. The molecule has 0 aliphatic heterocycles. The fraction of sp³-hybridized carbons (Fsp3) is 0.882. The molecule has 3 aliphatic carbocycles. The third-order valence-corrected chi connectivity index (χ3v) is 8.41. The molecule has 2 fully saturated rings. The molecule has 0 heterocycles. The van der Waals surface area contributed by atoms with Crippen LogP contribution in [0.1, 0.15) is 52.9 Å². The zero-order valence-corrected chi connectivity index (χ0v) is 14.2. The first-order valence-corrected chi connectivity index (χ1v) is 9.04. The summed E-state index contributed by atoms with van der Waals surface area (Å²) in [6, 6.07) is 0. The second kappa shape index (κ2) is 4.79. The normalized spacial score (nSPS) is 50.4. The van der Waals surface area contributed by atoms with E-state index in [1.165, 1.54) is 32.1 Å². The van der Waals surface area contributed by atoms with Crippen LogP contribution in [0.4, 0.5) is 0 Å². The van der Waals surface area contributed by atoms with Gasteiger partial charge in [0, 0.05) is 3.92 Å². The molecular weight excluding hydrogens is 331 g/mol. The van der Waals surface area contributed by atoms with Crippen LogP contribution in [-0.4, -0.2) is 3.92 Å². The molecule has 0 saturated heterocycles. The van der Waals surface area contributed by atoms with Gasteiger partial charge in [0.2, 0.25) is 0 Å². The van der Waals surface area contributed by atoms with Gasteiger partial charge in [-0.3, -0.25) is 0 Å². The van der Waals surface area contributed by atoms with E-state index in [9.17, 15) is 0 Å². The number of fused-ring (bicyclic) bond motifs is 3. The summed E-state index contributed by atoms with van der Waals surface area (Å²) in [6.07, 6.45) is 12.3. The fourth-order valence-electron chi connectivity index (χ4n) is 5.03. The van der Waals surface area contributed by atoms with Crippen LogP contribution in [0.5, 0.6) is 0 Å². The van der Waals surface area contributed by atoms with E-state index in [1.54, 1.807) is 0 Å². The van der Waals surface area contributed by atoms with Crippen molar-refractivity contribution in [1.29, 1.82) is 0 Å². The quantitative estimate of drug-likeness (QED) is 0.306. The lowest BCUT2D eigenvalue weighted by Crippen LogP contribution is -2.46. The van der Waals surface area contributed by atoms with Crippen molar-refractivity contribution in [1.82, 2.24) is 0 Å². The molecule has 0 aromatic heterocycles. The standard InChI is InChI=1S/C17H27I/c1-11-5-4-6-14-13(11)8-7-12-9-16(18)17(2,3)10-15(12)14/h4-5,11-16H,6-10H2,1-3H3/t11?,12?,13?,14?,15-,16?/m0/s1. The van der Waals surface area contributed by atoms with Gasteiger partial charge in [-0.1, -0.05) is 55.5 Å². The number of alkyl halides is 1. The molecule has 0 nitrogen and oxygen atoms in total.